The molecular weight excluding hydrogens is 342 g/mol. The van der Waals surface area contributed by atoms with Crippen molar-refractivity contribution in [3.8, 4) is 11.4 Å². The molecule has 0 aliphatic carbocycles. The van der Waals surface area contributed by atoms with E-state index < -0.39 is 9.84 Å². The van der Waals surface area contributed by atoms with Crippen molar-refractivity contribution < 1.29 is 13.2 Å². The van der Waals surface area contributed by atoms with Gasteiger partial charge in [0.2, 0.25) is 5.82 Å². The molecule has 0 aliphatic rings. The van der Waals surface area contributed by atoms with E-state index in [1.165, 1.54) is 12.1 Å². The van der Waals surface area contributed by atoms with Crippen LogP contribution in [0.5, 0.6) is 0 Å². The predicted octanol–water partition coefficient (Wildman–Crippen LogP) is 1.83. The third-order valence-corrected chi connectivity index (χ3v) is 4.75. The number of aromatic amines is 1. The van der Waals surface area contributed by atoms with Gasteiger partial charge in [0.1, 0.15) is 0 Å². The van der Waals surface area contributed by atoms with Gasteiger partial charge in [-0.05, 0) is 42.0 Å². The quantitative estimate of drug-likeness (QED) is 0.735. The highest BCUT2D eigenvalue weighted by Gasteiger charge is 2.13. The average molecular weight is 357 g/mol. The van der Waals surface area contributed by atoms with E-state index in [4.69, 9.17) is 0 Å². The van der Waals surface area contributed by atoms with Gasteiger partial charge in [-0.25, -0.2) is 8.42 Å². The zero-order valence-corrected chi connectivity index (χ0v) is 14.3. The Hall–Kier alpha value is -3.07. The Bertz CT molecular complexity index is 1010. The number of nitrogens with one attached hydrogen (secondary N) is 2. The number of carbonyl (C=O) groups is 1. The van der Waals surface area contributed by atoms with Crippen LogP contribution in [0.3, 0.4) is 0 Å². The number of nitrogens with zero attached hydrogens (tertiary/aromatic N) is 3. The lowest BCUT2D eigenvalue weighted by atomic mass is 10.1. The molecule has 1 aromatic heterocycles. The van der Waals surface area contributed by atoms with Gasteiger partial charge in [0, 0.05) is 23.1 Å². The Morgan fingerprint density at radius 3 is 2.44 bits per heavy atom. The number of hydrogen-bond acceptors (Lipinski definition) is 6. The van der Waals surface area contributed by atoms with Crippen LogP contribution in [-0.2, 0) is 9.84 Å². The highest BCUT2D eigenvalue weighted by atomic mass is 32.2. The van der Waals surface area contributed by atoms with Crippen LogP contribution in [0.25, 0.3) is 11.4 Å². The fourth-order valence-corrected chi connectivity index (χ4v) is 2.86. The molecule has 2 N–H and O–H groups in total. The Morgan fingerprint density at radius 2 is 1.84 bits per heavy atom. The molecule has 0 atom stereocenters. The molecule has 8 nitrogen and oxygen atoms in total. The molecule has 25 heavy (non-hydrogen) atoms. The minimum atomic E-state index is -3.35. The molecule has 0 spiro atoms. The number of benzene rings is 2. The second kappa shape index (κ2) is 6.44. The Labute approximate surface area is 144 Å². The molecule has 0 unspecified atom stereocenters. The van der Waals surface area contributed by atoms with Gasteiger partial charge in [-0.15, -0.1) is 10.2 Å². The molecule has 3 rings (SSSR count). The third kappa shape index (κ3) is 3.72. The van der Waals surface area contributed by atoms with Crippen LogP contribution in [0.1, 0.15) is 15.9 Å². The van der Waals surface area contributed by atoms with Crippen LogP contribution in [0, 0.1) is 6.92 Å². The van der Waals surface area contributed by atoms with Gasteiger partial charge in [0.25, 0.3) is 5.91 Å². The molecule has 9 heteroatoms. The molecule has 1 amide bonds. The molecule has 0 fully saturated rings. The number of aryl methyl sites for hydroxylation is 1. The van der Waals surface area contributed by atoms with Crippen LogP contribution < -0.4 is 5.32 Å². The molecule has 2 aromatic carbocycles. The first-order valence-corrected chi connectivity index (χ1v) is 9.20. The van der Waals surface area contributed by atoms with Crippen molar-refractivity contribution >= 4 is 21.4 Å². The predicted molar refractivity (Wildman–Crippen MR) is 91.9 cm³/mol. The lowest BCUT2D eigenvalue weighted by Gasteiger charge is -2.10. The fraction of sp³-hybridized carbons (Fsp3) is 0.125. The average Bonchev–Trinajstić information content (AvgIpc) is 3.10. The van der Waals surface area contributed by atoms with E-state index in [1.54, 1.807) is 37.3 Å². The number of aromatic nitrogens is 4. The Kier molecular flexibility index (Phi) is 4.32. The maximum Gasteiger partial charge on any atom is 0.255 e. The van der Waals surface area contributed by atoms with E-state index >= 15 is 0 Å². The molecule has 0 saturated carbocycles. The molecule has 0 aliphatic heterocycles. The highest BCUT2D eigenvalue weighted by molar-refractivity contribution is 7.90. The van der Waals surface area contributed by atoms with Crippen LogP contribution in [0.2, 0.25) is 0 Å². The Balaban J connectivity index is 1.83. The highest BCUT2D eigenvalue weighted by Crippen LogP contribution is 2.21. The molecule has 0 saturated heterocycles. The van der Waals surface area contributed by atoms with Crippen LogP contribution in [0.4, 0.5) is 5.69 Å². The molecule has 0 radical (unpaired) electrons. The topological polar surface area (TPSA) is 118 Å². The van der Waals surface area contributed by atoms with E-state index in [2.05, 4.69) is 25.9 Å². The number of amides is 1. The lowest BCUT2D eigenvalue weighted by Crippen LogP contribution is -2.13. The largest absolute Gasteiger partial charge is 0.322 e. The van der Waals surface area contributed by atoms with Crippen molar-refractivity contribution in [2.45, 2.75) is 11.8 Å². The van der Waals surface area contributed by atoms with Crippen molar-refractivity contribution in [3.63, 3.8) is 0 Å². The number of H-pyrrole nitrogens is 1. The number of hydrogen-bond donors (Lipinski definition) is 2. The van der Waals surface area contributed by atoms with Gasteiger partial charge < -0.3 is 5.32 Å². The maximum atomic E-state index is 12.4. The van der Waals surface area contributed by atoms with Crippen molar-refractivity contribution in [1.82, 2.24) is 20.6 Å². The maximum absolute atomic E-state index is 12.4. The summed E-state index contributed by atoms with van der Waals surface area (Å²) in [5.74, 6) is 0.0945. The number of rotatable bonds is 4. The minimum Gasteiger partial charge on any atom is -0.322 e. The normalized spacial score (nSPS) is 11.3. The van der Waals surface area contributed by atoms with Gasteiger partial charge in [0.15, 0.2) is 9.84 Å². The summed E-state index contributed by atoms with van der Waals surface area (Å²) in [5, 5.41) is 16.3. The summed E-state index contributed by atoms with van der Waals surface area (Å²) < 4.78 is 23.3. The van der Waals surface area contributed by atoms with Crippen LogP contribution in [0.15, 0.2) is 47.4 Å². The number of carbonyl (C=O) groups excluding carboxylic acids is 1. The van der Waals surface area contributed by atoms with Gasteiger partial charge in [-0.2, -0.15) is 5.21 Å². The van der Waals surface area contributed by atoms with Crippen molar-refractivity contribution in [2.75, 3.05) is 11.6 Å². The van der Waals surface area contributed by atoms with Crippen LogP contribution in [-0.4, -0.2) is 41.2 Å². The molecule has 1 heterocycles. The summed E-state index contributed by atoms with van der Waals surface area (Å²) in [6, 6.07) is 11.3. The van der Waals surface area contributed by atoms with Crippen molar-refractivity contribution in [1.29, 1.82) is 0 Å². The van der Waals surface area contributed by atoms with E-state index in [-0.39, 0.29) is 10.8 Å². The van der Waals surface area contributed by atoms with Crippen LogP contribution >= 0.6 is 0 Å². The summed E-state index contributed by atoms with van der Waals surface area (Å²) in [5.41, 5.74) is 2.37. The summed E-state index contributed by atoms with van der Waals surface area (Å²) >= 11 is 0. The first kappa shape index (κ1) is 16.8. The van der Waals surface area contributed by atoms with Gasteiger partial charge in [0.05, 0.1) is 4.90 Å². The molecule has 128 valence electrons. The number of tetrazole rings is 1. The van der Waals surface area contributed by atoms with Gasteiger partial charge >= 0.3 is 0 Å². The summed E-state index contributed by atoms with van der Waals surface area (Å²) in [4.78, 5) is 12.6. The standard InChI is InChI=1S/C16H15N5O3S/c1-10-3-8-13(25(2,23)24)9-14(10)17-16(22)12-6-4-11(5-7-12)15-18-20-21-19-15/h3-9H,1-2H3,(H,17,22)(H,18,19,20,21). The second-order valence-corrected chi connectivity index (χ2v) is 7.53. The molecule has 3 aromatic rings. The van der Waals surface area contributed by atoms with Gasteiger partial charge in [-0.1, -0.05) is 18.2 Å². The molecular formula is C16H15N5O3S. The second-order valence-electron chi connectivity index (χ2n) is 5.52. The van der Waals surface area contributed by atoms with E-state index in [1.807, 2.05) is 0 Å². The van der Waals surface area contributed by atoms with Crippen molar-refractivity contribution in [2.24, 2.45) is 0 Å². The van der Waals surface area contributed by atoms with E-state index in [0.29, 0.717) is 17.1 Å². The fourth-order valence-electron chi connectivity index (χ4n) is 2.22. The number of anilines is 1. The lowest BCUT2D eigenvalue weighted by molar-refractivity contribution is 0.102. The van der Waals surface area contributed by atoms with Crippen molar-refractivity contribution in [3.05, 3.63) is 53.6 Å². The number of sulfone groups is 1. The SMILES string of the molecule is Cc1ccc(S(C)(=O)=O)cc1NC(=O)c1ccc(-c2nn[nH]n2)cc1. The first-order chi connectivity index (χ1) is 11.8. The van der Waals surface area contributed by atoms with Gasteiger partial charge in [-0.3, -0.25) is 4.79 Å². The monoisotopic (exact) mass is 357 g/mol. The smallest absolute Gasteiger partial charge is 0.255 e. The molecule has 0 bridgehead atoms. The zero-order valence-electron chi connectivity index (χ0n) is 13.5. The zero-order chi connectivity index (χ0) is 18.0. The summed E-state index contributed by atoms with van der Waals surface area (Å²) in [7, 11) is -3.35. The summed E-state index contributed by atoms with van der Waals surface area (Å²) in [6.45, 7) is 1.79. The minimum absolute atomic E-state index is 0.154. The van der Waals surface area contributed by atoms with E-state index in [9.17, 15) is 13.2 Å². The third-order valence-electron chi connectivity index (χ3n) is 3.64. The van der Waals surface area contributed by atoms with E-state index in [0.717, 1.165) is 17.4 Å². The first-order valence-electron chi connectivity index (χ1n) is 7.30. The summed E-state index contributed by atoms with van der Waals surface area (Å²) in [6.07, 6.45) is 1.12. The Morgan fingerprint density at radius 1 is 1.12 bits per heavy atom.